The number of hydrogen-bond acceptors (Lipinski definition) is 2. The number of hydrogen-bond donors (Lipinski definition) is 2. The van der Waals surface area contributed by atoms with Crippen molar-refractivity contribution in [2.45, 2.75) is 13.8 Å². The first-order chi connectivity index (χ1) is 7.13. The highest BCUT2D eigenvalue weighted by Crippen LogP contribution is 2.10. The second-order valence-electron chi connectivity index (χ2n) is 3.93. The third-order valence-corrected chi connectivity index (χ3v) is 2.09. The maximum absolute atomic E-state index is 11.3. The molecule has 2 N–H and O–H groups in total. The Bertz CT molecular complexity index is 317. The summed E-state index contributed by atoms with van der Waals surface area (Å²) in [6, 6.07) is 7.49. The molecule has 0 saturated carbocycles. The van der Waals surface area contributed by atoms with Crippen LogP contribution in [0.4, 0.5) is 5.69 Å². The summed E-state index contributed by atoms with van der Waals surface area (Å²) in [5.41, 5.74) is 1.74. The van der Waals surface area contributed by atoms with Crippen molar-refractivity contribution in [2.75, 3.05) is 18.9 Å². The predicted octanol–water partition coefficient (Wildman–Crippen LogP) is 2.11. The monoisotopic (exact) mass is 206 g/mol. The summed E-state index contributed by atoms with van der Waals surface area (Å²) in [6.45, 7) is 5.26. The third kappa shape index (κ3) is 3.62. The van der Waals surface area contributed by atoms with Crippen LogP contribution in [0.3, 0.4) is 0 Å². The lowest BCUT2D eigenvalue weighted by Crippen LogP contribution is -2.17. The van der Waals surface area contributed by atoms with Gasteiger partial charge in [-0.2, -0.15) is 0 Å². The minimum atomic E-state index is -0.0505. The number of rotatable bonds is 4. The van der Waals surface area contributed by atoms with Crippen LogP contribution in [0.5, 0.6) is 0 Å². The molecule has 3 heteroatoms. The molecule has 0 saturated heterocycles. The maximum atomic E-state index is 11.3. The van der Waals surface area contributed by atoms with Gasteiger partial charge >= 0.3 is 0 Å². The molecular weight excluding hydrogens is 188 g/mol. The van der Waals surface area contributed by atoms with Crippen molar-refractivity contribution in [1.29, 1.82) is 0 Å². The highest BCUT2D eigenvalue weighted by atomic mass is 16.1. The fraction of sp³-hybridized carbons (Fsp3) is 0.417. The number of amides is 1. The van der Waals surface area contributed by atoms with E-state index in [2.05, 4.69) is 24.5 Å². The molecule has 82 valence electrons. The number of benzene rings is 1. The second-order valence-corrected chi connectivity index (χ2v) is 3.93. The lowest BCUT2D eigenvalue weighted by molar-refractivity contribution is 0.0963. The molecule has 3 nitrogen and oxygen atoms in total. The van der Waals surface area contributed by atoms with Gasteiger partial charge in [-0.3, -0.25) is 4.79 Å². The zero-order valence-electron chi connectivity index (χ0n) is 9.50. The first kappa shape index (κ1) is 11.6. The van der Waals surface area contributed by atoms with Crippen molar-refractivity contribution in [3.05, 3.63) is 29.8 Å². The lowest BCUT2D eigenvalue weighted by Gasteiger charge is -2.09. The van der Waals surface area contributed by atoms with Gasteiger partial charge in [-0.1, -0.05) is 13.8 Å². The SMILES string of the molecule is CNC(=O)c1ccc(NCC(C)C)cc1. The lowest BCUT2D eigenvalue weighted by atomic mass is 10.2. The maximum Gasteiger partial charge on any atom is 0.251 e. The van der Waals surface area contributed by atoms with Crippen LogP contribution in [0.2, 0.25) is 0 Å². The van der Waals surface area contributed by atoms with Crippen LogP contribution < -0.4 is 10.6 Å². The van der Waals surface area contributed by atoms with E-state index in [-0.39, 0.29) is 5.91 Å². The first-order valence-corrected chi connectivity index (χ1v) is 5.19. The van der Waals surface area contributed by atoms with Gasteiger partial charge in [0.25, 0.3) is 5.91 Å². The van der Waals surface area contributed by atoms with Crippen molar-refractivity contribution in [1.82, 2.24) is 5.32 Å². The molecule has 1 aromatic rings. The molecule has 1 aromatic carbocycles. The number of nitrogens with one attached hydrogen (secondary N) is 2. The van der Waals surface area contributed by atoms with Gasteiger partial charge in [0.2, 0.25) is 0 Å². The van der Waals surface area contributed by atoms with E-state index < -0.39 is 0 Å². The highest BCUT2D eigenvalue weighted by Gasteiger charge is 2.01. The summed E-state index contributed by atoms with van der Waals surface area (Å²) in [7, 11) is 1.63. The van der Waals surface area contributed by atoms with Crippen molar-refractivity contribution in [3.63, 3.8) is 0 Å². The largest absolute Gasteiger partial charge is 0.385 e. The van der Waals surface area contributed by atoms with E-state index in [9.17, 15) is 4.79 Å². The summed E-state index contributed by atoms with van der Waals surface area (Å²) in [5, 5.41) is 5.89. The average Bonchev–Trinajstić information content (AvgIpc) is 2.26. The van der Waals surface area contributed by atoms with Crippen molar-refractivity contribution < 1.29 is 4.79 Å². The second kappa shape index (κ2) is 5.39. The number of carbonyl (C=O) groups excluding carboxylic acids is 1. The van der Waals surface area contributed by atoms with E-state index in [1.54, 1.807) is 7.05 Å². The van der Waals surface area contributed by atoms with Crippen LogP contribution >= 0.6 is 0 Å². The highest BCUT2D eigenvalue weighted by molar-refractivity contribution is 5.94. The Balaban J connectivity index is 2.60. The Morgan fingerprint density at radius 1 is 1.27 bits per heavy atom. The summed E-state index contributed by atoms with van der Waals surface area (Å²) in [6.07, 6.45) is 0. The normalized spacial score (nSPS) is 10.1. The molecule has 15 heavy (non-hydrogen) atoms. The molecule has 1 rings (SSSR count). The molecule has 0 aliphatic rings. The Kier molecular flexibility index (Phi) is 4.16. The van der Waals surface area contributed by atoms with E-state index >= 15 is 0 Å². The molecule has 1 amide bonds. The quantitative estimate of drug-likeness (QED) is 0.792. The summed E-state index contributed by atoms with van der Waals surface area (Å²) in [4.78, 5) is 11.3. The van der Waals surface area contributed by atoms with Gasteiger partial charge in [-0.15, -0.1) is 0 Å². The van der Waals surface area contributed by atoms with Crippen LogP contribution in [0.15, 0.2) is 24.3 Å². The predicted molar refractivity (Wildman–Crippen MR) is 63.2 cm³/mol. The van der Waals surface area contributed by atoms with Crippen LogP contribution in [0.1, 0.15) is 24.2 Å². The molecule has 0 radical (unpaired) electrons. The molecule has 0 aliphatic heterocycles. The van der Waals surface area contributed by atoms with Gasteiger partial charge in [0.15, 0.2) is 0 Å². The van der Waals surface area contributed by atoms with Crippen LogP contribution in [0.25, 0.3) is 0 Å². The van der Waals surface area contributed by atoms with Crippen molar-refractivity contribution >= 4 is 11.6 Å². The molecule has 0 atom stereocenters. The summed E-state index contributed by atoms with van der Waals surface area (Å²) >= 11 is 0. The van der Waals surface area contributed by atoms with Gasteiger partial charge < -0.3 is 10.6 Å². The Morgan fingerprint density at radius 2 is 1.87 bits per heavy atom. The molecular formula is C12H18N2O. The van der Waals surface area contributed by atoms with E-state index in [0.717, 1.165) is 12.2 Å². The minimum absolute atomic E-state index is 0.0505. The number of carbonyl (C=O) groups is 1. The zero-order valence-corrected chi connectivity index (χ0v) is 9.50. The summed E-state index contributed by atoms with van der Waals surface area (Å²) in [5.74, 6) is 0.564. The third-order valence-electron chi connectivity index (χ3n) is 2.09. The fourth-order valence-corrected chi connectivity index (χ4v) is 1.21. The van der Waals surface area contributed by atoms with Crippen LogP contribution in [-0.4, -0.2) is 19.5 Å². The van der Waals surface area contributed by atoms with Crippen LogP contribution in [0, 0.1) is 5.92 Å². The van der Waals surface area contributed by atoms with E-state index in [0.29, 0.717) is 11.5 Å². The van der Waals surface area contributed by atoms with Crippen molar-refractivity contribution in [2.24, 2.45) is 5.92 Å². The summed E-state index contributed by atoms with van der Waals surface area (Å²) < 4.78 is 0. The molecule has 0 heterocycles. The average molecular weight is 206 g/mol. The number of anilines is 1. The molecule has 0 aromatic heterocycles. The standard InChI is InChI=1S/C12H18N2O/c1-9(2)8-14-11-6-4-10(5-7-11)12(15)13-3/h4-7,9,14H,8H2,1-3H3,(H,13,15). The van der Waals surface area contributed by atoms with Gasteiger partial charge in [0.1, 0.15) is 0 Å². The van der Waals surface area contributed by atoms with Gasteiger partial charge in [0.05, 0.1) is 0 Å². The Morgan fingerprint density at radius 3 is 2.33 bits per heavy atom. The molecule has 0 unspecified atom stereocenters. The molecule has 0 spiro atoms. The molecule has 0 fully saturated rings. The fourth-order valence-electron chi connectivity index (χ4n) is 1.21. The minimum Gasteiger partial charge on any atom is -0.385 e. The van der Waals surface area contributed by atoms with Gasteiger partial charge in [-0.25, -0.2) is 0 Å². The van der Waals surface area contributed by atoms with E-state index in [1.165, 1.54) is 0 Å². The smallest absolute Gasteiger partial charge is 0.251 e. The van der Waals surface area contributed by atoms with Crippen LogP contribution in [-0.2, 0) is 0 Å². The first-order valence-electron chi connectivity index (χ1n) is 5.19. The Hall–Kier alpha value is -1.51. The van der Waals surface area contributed by atoms with Crippen molar-refractivity contribution in [3.8, 4) is 0 Å². The van der Waals surface area contributed by atoms with E-state index in [4.69, 9.17) is 0 Å². The van der Waals surface area contributed by atoms with E-state index in [1.807, 2.05) is 24.3 Å². The van der Waals surface area contributed by atoms with Gasteiger partial charge in [0, 0.05) is 24.8 Å². The topological polar surface area (TPSA) is 41.1 Å². The van der Waals surface area contributed by atoms with Gasteiger partial charge in [-0.05, 0) is 30.2 Å². The molecule has 0 bridgehead atoms. The Labute approximate surface area is 90.9 Å². The molecule has 0 aliphatic carbocycles. The zero-order chi connectivity index (χ0) is 11.3.